The molecule has 0 aliphatic rings. The van der Waals surface area contributed by atoms with Crippen LogP contribution in [0.25, 0.3) is 0 Å². The number of ether oxygens (including phenoxy) is 3. The average Bonchev–Trinajstić information content (AvgIpc) is 2.53. The number of amides is 1. The maximum atomic E-state index is 13.4. The number of alkyl halides is 1. The molecule has 0 aromatic heterocycles. The molecule has 0 spiro atoms. The molecule has 0 aliphatic carbocycles. The lowest BCUT2D eigenvalue weighted by Crippen LogP contribution is -2.27. The van der Waals surface area contributed by atoms with Gasteiger partial charge in [0.2, 0.25) is 5.65 Å². The highest BCUT2D eigenvalue weighted by molar-refractivity contribution is 7.56. The zero-order valence-corrected chi connectivity index (χ0v) is 15.5. The molecule has 2 unspecified atom stereocenters. The fraction of sp³-hybridized carbons (Fsp3) is 0.933. The number of rotatable bonds is 16. The first kappa shape index (κ1) is 22.7. The molecule has 0 saturated heterocycles. The molecule has 8 heteroatoms. The van der Waals surface area contributed by atoms with E-state index in [2.05, 4.69) is 24.5 Å². The molecule has 0 aliphatic heterocycles. The van der Waals surface area contributed by atoms with Crippen LogP contribution in [0.15, 0.2) is 0 Å². The van der Waals surface area contributed by atoms with Crippen molar-refractivity contribution in [1.29, 1.82) is 0 Å². The minimum absolute atomic E-state index is 0.0581. The molecule has 6 nitrogen and oxygen atoms in total. The highest BCUT2D eigenvalue weighted by atomic mass is 31.1. The summed E-state index contributed by atoms with van der Waals surface area (Å²) in [4.78, 5) is 11.0. The van der Waals surface area contributed by atoms with Crippen molar-refractivity contribution in [3.05, 3.63) is 0 Å². The lowest BCUT2D eigenvalue weighted by Gasteiger charge is -2.10. The quantitative estimate of drug-likeness (QED) is 0.327. The standard InChI is InChI=1S/C15H32FN2O4P/c1-13(2)17-5-7-21-9-11-22-10-8-20-6-4-14(16)12-18-15(19)23-3/h13-14,17,23H,4-12H2,1-3H3,(H,18,19). The van der Waals surface area contributed by atoms with Gasteiger partial charge in [0.1, 0.15) is 6.17 Å². The highest BCUT2D eigenvalue weighted by Crippen LogP contribution is 2.03. The Bertz CT molecular complexity index is 286. The van der Waals surface area contributed by atoms with Crippen molar-refractivity contribution in [3.8, 4) is 0 Å². The predicted octanol–water partition coefficient (Wildman–Crippen LogP) is 1.78. The number of carbonyl (C=O) groups is 1. The molecular formula is C15H32FN2O4P. The van der Waals surface area contributed by atoms with E-state index in [4.69, 9.17) is 14.2 Å². The van der Waals surface area contributed by atoms with Gasteiger partial charge < -0.3 is 24.8 Å². The molecule has 138 valence electrons. The monoisotopic (exact) mass is 354 g/mol. The van der Waals surface area contributed by atoms with Crippen molar-refractivity contribution in [2.75, 3.05) is 59.4 Å². The van der Waals surface area contributed by atoms with E-state index in [0.717, 1.165) is 6.54 Å². The van der Waals surface area contributed by atoms with Crippen LogP contribution in [0.3, 0.4) is 0 Å². The zero-order valence-electron chi connectivity index (χ0n) is 14.5. The van der Waals surface area contributed by atoms with Gasteiger partial charge in [0.05, 0.1) is 33.0 Å². The van der Waals surface area contributed by atoms with Gasteiger partial charge in [0.15, 0.2) is 0 Å². The first-order chi connectivity index (χ1) is 11.1. The molecule has 2 atom stereocenters. The van der Waals surface area contributed by atoms with Gasteiger partial charge in [-0.25, -0.2) is 4.39 Å². The van der Waals surface area contributed by atoms with E-state index in [-0.39, 0.29) is 27.2 Å². The number of hydrogen-bond donors (Lipinski definition) is 2. The second kappa shape index (κ2) is 16.5. The van der Waals surface area contributed by atoms with Crippen LogP contribution in [-0.4, -0.2) is 77.3 Å². The van der Waals surface area contributed by atoms with Gasteiger partial charge in [0, 0.05) is 32.2 Å². The van der Waals surface area contributed by atoms with Crippen molar-refractivity contribution < 1.29 is 23.4 Å². The van der Waals surface area contributed by atoms with Gasteiger partial charge in [-0.1, -0.05) is 13.8 Å². The Kier molecular flexibility index (Phi) is 16.3. The van der Waals surface area contributed by atoms with E-state index in [1.165, 1.54) is 0 Å². The summed E-state index contributed by atoms with van der Waals surface area (Å²) in [7, 11) is 0.153. The summed E-state index contributed by atoms with van der Waals surface area (Å²) in [5.74, 6) is 0. The average molecular weight is 354 g/mol. The van der Waals surface area contributed by atoms with E-state index in [1.807, 2.05) is 0 Å². The normalized spacial score (nSPS) is 13.1. The van der Waals surface area contributed by atoms with Crippen LogP contribution >= 0.6 is 8.58 Å². The van der Waals surface area contributed by atoms with Crippen molar-refractivity contribution in [1.82, 2.24) is 10.6 Å². The first-order valence-electron chi connectivity index (χ1n) is 8.12. The van der Waals surface area contributed by atoms with Crippen molar-refractivity contribution >= 4 is 14.2 Å². The van der Waals surface area contributed by atoms with E-state index in [1.54, 1.807) is 6.66 Å². The number of halogens is 1. The molecule has 0 saturated carbocycles. The third-order valence-electron chi connectivity index (χ3n) is 2.83. The van der Waals surface area contributed by atoms with E-state index in [9.17, 15) is 9.18 Å². The molecule has 0 rings (SSSR count). The first-order valence-corrected chi connectivity index (χ1v) is 9.62. The van der Waals surface area contributed by atoms with Crippen LogP contribution in [0.1, 0.15) is 20.3 Å². The molecule has 23 heavy (non-hydrogen) atoms. The second-order valence-electron chi connectivity index (χ2n) is 5.29. The predicted molar refractivity (Wildman–Crippen MR) is 92.7 cm³/mol. The largest absolute Gasteiger partial charge is 0.379 e. The Hall–Kier alpha value is -0.330. The van der Waals surface area contributed by atoms with Gasteiger partial charge in [-0.15, -0.1) is 0 Å². The van der Waals surface area contributed by atoms with Crippen LogP contribution in [0, 0.1) is 0 Å². The van der Waals surface area contributed by atoms with Gasteiger partial charge in [-0.05, 0) is 15.2 Å². The molecule has 2 N–H and O–H groups in total. The van der Waals surface area contributed by atoms with E-state index < -0.39 is 6.17 Å². The fourth-order valence-corrected chi connectivity index (χ4v) is 1.85. The molecular weight excluding hydrogens is 322 g/mol. The van der Waals surface area contributed by atoms with E-state index in [0.29, 0.717) is 45.7 Å². The summed E-state index contributed by atoms with van der Waals surface area (Å²) in [6, 6.07) is 0.471. The highest BCUT2D eigenvalue weighted by Gasteiger charge is 2.07. The fourth-order valence-electron chi connectivity index (χ4n) is 1.57. The molecule has 0 heterocycles. The molecule has 0 fully saturated rings. The van der Waals surface area contributed by atoms with Gasteiger partial charge >= 0.3 is 0 Å². The van der Waals surface area contributed by atoms with Crippen LogP contribution < -0.4 is 10.6 Å². The minimum Gasteiger partial charge on any atom is -0.379 e. The Morgan fingerprint density at radius 1 is 1.04 bits per heavy atom. The summed E-state index contributed by atoms with van der Waals surface area (Å²) in [5.41, 5.74) is -0.107. The van der Waals surface area contributed by atoms with Gasteiger partial charge in [0.25, 0.3) is 0 Å². The maximum Gasteiger partial charge on any atom is 0.237 e. The summed E-state index contributed by atoms with van der Waals surface area (Å²) in [6.45, 7) is 9.84. The smallest absolute Gasteiger partial charge is 0.237 e. The van der Waals surface area contributed by atoms with Crippen LogP contribution in [0.4, 0.5) is 9.18 Å². The topological polar surface area (TPSA) is 68.8 Å². The number of nitrogens with one attached hydrogen (secondary N) is 2. The lowest BCUT2D eigenvalue weighted by atomic mass is 10.3. The van der Waals surface area contributed by atoms with Gasteiger partial charge in [-0.2, -0.15) is 0 Å². The summed E-state index contributed by atoms with van der Waals surface area (Å²) in [6.07, 6.45) is -0.789. The Morgan fingerprint density at radius 3 is 2.17 bits per heavy atom. The maximum absolute atomic E-state index is 13.4. The Labute approximate surface area is 141 Å². The van der Waals surface area contributed by atoms with Crippen LogP contribution in [0.5, 0.6) is 0 Å². The van der Waals surface area contributed by atoms with E-state index >= 15 is 0 Å². The van der Waals surface area contributed by atoms with Crippen LogP contribution in [-0.2, 0) is 14.2 Å². The van der Waals surface area contributed by atoms with Crippen molar-refractivity contribution in [3.63, 3.8) is 0 Å². The second-order valence-corrected chi connectivity index (χ2v) is 6.25. The minimum atomic E-state index is -1.07. The van der Waals surface area contributed by atoms with Crippen LogP contribution in [0.2, 0.25) is 0 Å². The molecule has 1 amide bonds. The summed E-state index contributed by atoms with van der Waals surface area (Å²) in [5, 5.41) is 5.79. The molecule has 0 aromatic carbocycles. The SMILES string of the molecule is CPC(=O)NCC(F)CCOCCOCCOCCNC(C)C. The van der Waals surface area contributed by atoms with Gasteiger partial charge in [-0.3, -0.25) is 4.79 Å². The molecule has 0 aromatic rings. The summed E-state index contributed by atoms with van der Waals surface area (Å²) < 4.78 is 29.4. The summed E-state index contributed by atoms with van der Waals surface area (Å²) >= 11 is 0. The van der Waals surface area contributed by atoms with Crippen molar-refractivity contribution in [2.45, 2.75) is 32.5 Å². The molecule has 0 bridgehead atoms. The Balaban J connectivity index is 3.17. The molecule has 0 radical (unpaired) electrons. The zero-order chi connectivity index (χ0) is 17.3. The number of carbonyl (C=O) groups excluding carboxylic acids is 1. The Morgan fingerprint density at radius 2 is 1.61 bits per heavy atom. The van der Waals surface area contributed by atoms with Crippen molar-refractivity contribution in [2.24, 2.45) is 0 Å². The number of hydrogen-bond acceptors (Lipinski definition) is 5. The lowest BCUT2D eigenvalue weighted by molar-refractivity contribution is 0.0119. The third kappa shape index (κ3) is 17.9. The third-order valence-corrected chi connectivity index (χ3v) is 3.46.